The summed E-state index contributed by atoms with van der Waals surface area (Å²) >= 11 is 5.74. The van der Waals surface area contributed by atoms with E-state index in [-0.39, 0.29) is 0 Å². The van der Waals surface area contributed by atoms with E-state index in [0.29, 0.717) is 5.15 Å². The van der Waals surface area contributed by atoms with Crippen molar-refractivity contribution < 1.29 is 0 Å². The number of rotatable bonds is 4. The molecule has 0 aromatic carbocycles. The molecule has 1 aliphatic carbocycles. The van der Waals surface area contributed by atoms with Crippen molar-refractivity contribution >= 4 is 11.6 Å². The first-order valence-electron chi connectivity index (χ1n) is 6.16. The van der Waals surface area contributed by atoms with Gasteiger partial charge in [0.25, 0.3) is 0 Å². The minimum atomic E-state index is 0.566. The predicted octanol–water partition coefficient (Wildman–Crippen LogP) is 3.40. The number of nitrogens with one attached hydrogen (secondary N) is 1. The maximum absolute atomic E-state index is 5.74. The minimum absolute atomic E-state index is 0.566. The molecule has 0 spiro atoms. The lowest BCUT2D eigenvalue weighted by Crippen LogP contribution is -2.24. The van der Waals surface area contributed by atoms with E-state index in [1.165, 1.54) is 37.7 Å². The van der Waals surface area contributed by atoms with Crippen LogP contribution in [-0.4, -0.2) is 11.5 Å². The molecule has 2 nitrogen and oxygen atoms in total. The molecule has 1 fully saturated rings. The van der Waals surface area contributed by atoms with Gasteiger partial charge in [0.05, 0.1) is 0 Å². The summed E-state index contributed by atoms with van der Waals surface area (Å²) in [7, 11) is 0. The molecule has 2 rings (SSSR count). The fourth-order valence-electron chi connectivity index (χ4n) is 2.32. The standard InChI is InChI=1S/C13H19ClN2/c14-13-7-6-12(10-16-13)9-15-8-11-4-2-1-3-5-11/h6-7,10-11,15H,1-5,8-9H2. The Morgan fingerprint density at radius 3 is 2.75 bits per heavy atom. The smallest absolute Gasteiger partial charge is 0.129 e. The lowest BCUT2D eigenvalue weighted by Gasteiger charge is -2.21. The molecule has 1 saturated carbocycles. The molecule has 0 atom stereocenters. The monoisotopic (exact) mass is 238 g/mol. The molecule has 0 radical (unpaired) electrons. The molecule has 3 heteroatoms. The zero-order valence-electron chi connectivity index (χ0n) is 9.58. The van der Waals surface area contributed by atoms with E-state index in [9.17, 15) is 0 Å². The molecule has 1 aliphatic rings. The molecular formula is C13H19ClN2. The number of nitrogens with zero attached hydrogens (tertiary/aromatic N) is 1. The first kappa shape index (κ1) is 11.9. The van der Waals surface area contributed by atoms with Crippen LogP contribution in [0.2, 0.25) is 5.15 Å². The van der Waals surface area contributed by atoms with Gasteiger partial charge in [-0.15, -0.1) is 0 Å². The maximum Gasteiger partial charge on any atom is 0.129 e. The Morgan fingerprint density at radius 2 is 2.06 bits per heavy atom. The van der Waals surface area contributed by atoms with E-state index in [2.05, 4.69) is 10.3 Å². The third kappa shape index (κ3) is 3.76. The van der Waals surface area contributed by atoms with Crippen LogP contribution < -0.4 is 5.32 Å². The van der Waals surface area contributed by atoms with Gasteiger partial charge >= 0.3 is 0 Å². The molecule has 1 aromatic heterocycles. The zero-order chi connectivity index (χ0) is 11.2. The van der Waals surface area contributed by atoms with Gasteiger partial charge < -0.3 is 5.32 Å². The first-order chi connectivity index (χ1) is 7.84. The van der Waals surface area contributed by atoms with Crippen LogP contribution in [0.1, 0.15) is 37.7 Å². The van der Waals surface area contributed by atoms with Crippen molar-refractivity contribution in [2.24, 2.45) is 5.92 Å². The molecule has 0 aliphatic heterocycles. The Kier molecular flexibility index (Phi) is 4.61. The van der Waals surface area contributed by atoms with Crippen molar-refractivity contribution in [3.63, 3.8) is 0 Å². The number of halogens is 1. The normalized spacial score (nSPS) is 17.6. The molecule has 0 unspecified atom stereocenters. The van der Waals surface area contributed by atoms with Gasteiger partial charge in [-0.1, -0.05) is 36.9 Å². The highest BCUT2D eigenvalue weighted by molar-refractivity contribution is 6.29. The molecule has 88 valence electrons. The Hall–Kier alpha value is -0.600. The predicted molar refractivity (Wildman–Crippen MR) is 67.5 cm³/mol. The summed E-state index contributed by atoms with van der Waals surface area (Å²) in [5, 5.41) is 4.07. The Labute approximate surface area is 102 Å². The van der Waals surface area contributed by atoms with Gasteiger partial charge in [-0.25, -0.2) is 4.98 Å². The summed E-state index contributed by atoms with van der Waals surface area (Å²) in [4.78, 5) is 4.07. The van der Waals surface area contributed by atoms with Crippen LogP contribution in [0.5, 0.6) is 0 Å². The average Bonchev–Trinajstić information content (AvgIpc) is 2.33. The van der Waals surface area contributed by atoms with Crippen LogP contribution in [0.25, 0.3) is 0 Å². The van der Waals surface area contributed by atoms with Gasteiger partial charge in [0, 0.05) is 12.7 Å². The van der Waals surface area contributed by atoms with Crippen molar-refractivity contribution in [1.29, 1.82) is 0 Å². The molecule has 16 heavy (non-hydrogen) atoms. The molecule has 0 amide bonds. The van der Waals surface area contributed by atoms with E-state index in [4.69, 9.17) is 11.6 Å². The van der Waals surface area contributed by atoms with Gasteiger partial charge in [0.1, 0.15) is 5.15 Å². The number of pyridine rings is 1. The van der Waals surface area contributed by atoms with Crippen molar-refractivity contribution in [3.05, 3.63) is 29.0 Å². The number of hydrogen-bond acceptors (Lipinski definition) is 2. The summed E-state index contributed by atoms with van der Waals surface area (Å²) in [5.41, 5.74) is 1.21. The molecule has 0 bridgehead atoms. The summed E-state index contributed by atoms with van der Waals surface area (Å²) in [5.74, 6) is 0.883. The summed E-state index contributed by atoms with van der Waals surface area (Å²) < 4.78 is 0. The quantitative estimate of drug-likeness (QED) is 0.814. The second-order valence-corrected chi connectivity index (χ2v) is 5.01. The Balaban J connectivity index is 1.69. The van der Waals surface area contributed by atoms with Crippen LogP contribution in [0, 0.1) is 5.92 Å². The Bertz CT molecular complexity index is 304. The van der Waals surface area contributed by atoms with E-state index in [0.717, 1.165) is 19.0 Å². The van der Waals surface area contributed by atoms with Crippen molar-refractivity contribution in [1.82, 2.24) is 10.3 Å². The molecular weight excluding hydrogens is 220 g/mol. The van der Waals surface area contributed by atoms with Crippen LogP contribution in [0.4, 0.5) is 0 Å². The highest BCUT2D eigenvalue weighted by Crippen LogP contribution is 2.22. The lowest BCUT2D eigenvalue weighted by molar-refractivity contribution is 0.342. The minimum Gasteiger partial charge on any atom is -0.312 e. The van der Waals surface area contributed by atoms with Gasteiger partial charge in [0.2, 0.25) is 0 Å². The van der Waals surface area contributed by atoms with Crippen LogP contribution in [-0.2, 0) is 6.54 Å². The van der Waals surface area contributed by atoms with Gasteiger partial charge in [0.15, 0.2) is 0 Å². The second kappa shape index (κ2) is 6.21. The Morgan fingerprint density at radius 1 is 1.25 bits per heavy atom. The highest BCUT2D eigenvalue weighted by Gasteiger charge is 2.12. The third-order valence-corrected chi connectivity index (χ3v) is 3.50. The largest absolute Gasteiger partial charge is 0.312 e. The van der Waals surface area contributed by atoms with Crippen LogP contribution in [0.3, 0.4) is 0 Å². The zero-order valence-corrected chi connectivity index (χ0v) is 10.3. The third-order valence-electron chi connectivity index (χ3n) is 3.28. The fourth-order valence-corrected chi connectivity index (χ4v) is 2.43. The summed E-state index contributed by atoms with van der Waals surface area (Å²) in [6.07, 6.45) is 8.88. The molecule has 1 aromatic rings. The van der Waals surface area contributed by atoms with E-state index >= 15 is 0 Å². The van der Waals surface area contributed by atoms with Gasteiger partial charge in [-0.05, 0) is 36.9 Å². The first-order valence-corrected chi connectivity index (χ1v) is 6.53. The molecule has 0 saturated heterocycles. The molecule has 1 N–H and O–H groups in total. The average molecular weight is 239 g/mol. The summed E-state index contributed by atoms with van der Waals surface area (Å²) in [6, 6.07) is 3.88. The van der Waals surface area contributed by atoms with Crippen LogP contribution >= 0.6 is 11.6 Å². The van der Waals surface area contributed by atoms with Gasteiger partial charge in [-0.3, -0.25) is 0 Å². The van der Waals surface area contributed by atoms with E-state index in [1.807, 2.05) is 18.3 Å². The van der Waals surface area contributed by atoms with Crippen molar-refractivity contribution in [3.8, 4) is 0 Å². The SMILES string of the molecule is Clc1ccc(CNCC2CCCCC2)cn1. The number of hydrogen-bond donors (Lipinski definition) is 1. The fraction of sp³-hybridized carbons (Fsp3) is 0.615. The highest BCUT2D eigenvalue weighted by atomic mass is 35.5. The van der Waals surface area contributed by atoms with Crippen molar-refractivity contribution in [2.45, 2.75) is 38.6 Å². The van der Waals surface area contributed by atoms with E-state index in [1.54, 1.807) is 0 Å². The lowest BCUT2D eigenvalue weighted by atomic mass is 9.89. The second-order valence-electron chi connectivity index (χ2n) is 4.62. The van der Waals surface area contributed by atoms with Gasteiger partial charge in [-0.2, -0.15) is 0 Å². The van der Waals surface area contributed by atoms with Crippen molar-refractivity contribution in [2.75, 3.05) is 6.54 Å². The number of aromatic nitrogens is 1. The topological polar surface area (TPSA) is 24.9 Å². The van der Waals surface area contributed by atoms with E-state index < -0.39 is 0 Å². The summed E-state index contributed by atoms with van der Waals surface area (Å²) in [6.45, 7) is 2.04. The van der Waals surface area contributed by atoms with Crippen LogP contribution in [0.15, 0.2) is 18.3 Å². The molecule has 1 heterocycles. The maximum atomic E-state index is 5.74.